The zero-order valence-electron chi connectivity index (χ0n) is 20.8. The Bertz CT molecular complexity index is 1750. The molecule has 0 aliphatic heterocycles. The molecule has 204 valence electrons. The van der Waals surface area contributed by atoms with Gasteiger partial charge in [0.1, 0.15) is 11.0 Å². The molecule has 0 saturated heterocycles. The first-order valence-electron chi connectivity index (χ1n) is 11.8. The minimum absolute atomic E-state index is 0.0414. The van der Waals surface area contributed by atoms with Crippen molar-refractivity contribution in [3.63, 3.8) is 0 Å². The molecule has 1 aromatic heterocycles. The van der Waals surface area contributed by atoms with E-state index in [0.29, 0.717) is 45.8 Å². The highest BCUT2D eigenvalue weighted by Gasteiger charge is 2.37. The first kappa shape index (κ1) is 27.2. The summed E-state index contributed by atoms with van der Waals surface area (Å²) in [4.78, 5) is 0.720. The average Bonchev–Trinajstić information content (AvgIpc) is 3.38. The molecule has 11 heteroatoms. The van der Waals surface area contributed by atoms with Crippen molar-refractivity contribution >= 4 is 22.4 Å². The van der Waals surface area contributed by atoms with Crippen LogP contribution in [0.15, 0.2) is 78.9 Å². The van der Waals surface area contributed by atoms with E-state index >= 15 is 0 Å². The van der Waals surface area contributed by atoms with Gasteiger partial charge >= 0.3 is 12.4 Å². The van der Waals surface area contributed by atoms with Crippen LogP contribution in [-0.2, 0) is 12.4 Å². The van der Waals surface area contributed by atoms with E-state index in [2.05, 4.69) is 33.9 Å². The summed E-state index contributed by atoms with van der Waals surface area (Å²) in [5.41, 5.74) is 11.2. The molecule has 1 heterocycles. The second kappa shape index (κ2) is 10.3. The number of rotatable bonds is 1. The van der Waals surface area contributed by atoms with Crippen LogP contribution in [0.5, 0.6) is 0 Å². The predicted molar refractivity (Wildman–Crippen MR) is 143 cm³/mol. The highest BCUT2D eigenvalue weighted by molar-refractivity contribution is 5.86. The lowest BCUT2D eigenvalue weighted by Crippen LogP contribution is -2.13. The van der Waals surface area contributed by atoms with Crippen molar-refractivity contribution in [2.24, 2.45) is 0 Å². The summed E-state index contributed by atoms with van der Waals surface area (Å²) >= 11 is 0. The van der Waals surface area contributed by atoms with Crippen molar-refractivity contribution in [1.29, 1.82) is 0 Å². The minimum atomic E-state index is -5.03. The summed E-state index contributed by atoms with van der Waals surface area (Å²) in [6, 6.07) is 17.8. The maximum absolute atomic E-state index is 13.5. The Morgan fingerprint density at radius 2 is 0.927 bits per heavy atom. The molecule has 0 aliphatic rings. The standard InChI is InChI=1S/C30H17F6N5/c31-29(32,33)22-15-23(30(34,35)36)17-26(16-22)41-39-27-20(7-1-18-3-11-24(37)12-4-18)9-10-21(28(27)40-41)8-2-19-5-13-25(38)14-6-19/h3-6,9-17H,37-38H2. The lowest BCUT2D eigenvalue weighted by molar-refractivity contribution is -0.143. The lowest BCUT2D eigenvalue weighted by Gasteiger charge is -2.13. The smallest absolute Gasteiger partial charge is 0.399 e. The molecule has 0 bridgehead atoms. The van der Waals surface area contributed by atoms with Gasteiger partial charge in [-0.25, -0.2) is 0 Å². The van der Waals surface area contributed by atoms with Crippen molar-refractivity contribution in [1.82, 2.24) is 15.0 Å². The van der Waals surface area contributed by atoms with Crippen molar-refractivity contribution < 1.29 is 26.3 Å². The summed E-state index contributed by atoms with van der Waals surface area (Å²) in [6.45, 7) is 0. The molecular formula is C30H17F6N5. The van der Waals surface area contributed by atoms with Gasteiger partial charge in [-0.05, 0) is 78.9 Å². The summed E-state index contributed by atoms with van der Waals surface area (Å²) in [5, 5.41) is 8.49. The second-order valence-electron chi connectivity index (χ2n) is 8.86. The summed E-state index contributed by atoms with van der Waals surface area (Å²) in [5.74, 6) is 11.8. The normalized spacial score (nSPS) is 11.5. The number of alkyl halides is 6. The molecule has 41 heavy (non-hydrogen) atoms. The monoisotopic (exact) mass is 561 g/mol. The third-order valence-corrected chi connectivity index (χ3v) is 5.85. The van der Waals surface area contributed by atoms with Crippen LogP contribution in [0, 0.1) is 23.7 Å². The maximum Gasteiger partial charge on any atom is 0.416 e. The van der Waals surface area contributed by atoms with Crippen molar-refractivity contribution in [3.8, 4) is 29.4 Å². The predicted octanol–water partition coefficient (Wildman–Crippen LogP) is 6.42. The van der Waals surface area contributed by atoms with Gasteiger partial charge in [-0.3, -0.25) is 0 Å². The van der Waals surface area contributed by atoms with Crippen LogP contribution in [0.1, 0.15) is 33.4 Å². The number of hydrogen-bond donors (Lipinski definition) is 2. The molecule has 0 unspecified atom stereocenters. The van der Waals surface area contributed by atoms with Gasteiger partial charge in [0.15, 0.2) is 0 Å². The van der Waals surface area contributed by atoms with E-state index in [-0.39, 0.29) is 17.1 Å². The van der Waals surface area contributed by atoms with Gasteiger partial charge in [-0.2, -0.15) is 31.1 Å². The van der Waals surface area contributed by atoms with Crippen LogP contribution in [0.3, 0.4) is 0 Å². The zero-order chi connectivity index (χ0) is 29.4. The molecule has 0 fully saturated rings. The number of hydrogen-bond acceptors (Lipinski definition) is 4. The third kappa shape index (κ3) is 6.10. The Morgan fingerprint density at radius 1 is 0.537 bits per heavy atom. The van der Waals surface area contributed by atoms with Crippen LogP contribution >= 0.6 is 0 Å². The quantitative estimate of drug-likeness (QED) is 0.141. The fourth-order valence-electron chi connectivity index (χ4n) is 3.78. The van der Waals surface area contributed by atoms with Crippen LogP contribution in [0.2, 0.25) is 0 Å². The molecule has 0 aliphatic carbocycles. The van der Waals surface area contributed by atoms with Gasteiger partial charge in [0.25, 0.3) is 0 Å². The number of fused-ring (bicyclic) bond motifs is 1. The molecule has 0 atom stereocenters. The minimum Gasteiger partial charge on any atom is -0.399 e. The van der Waals surface area contributed by atoms with E-state index in [1.165, 1.54) is 0 Å². The number of aromatic nitrogens is 3. The van der Waals surface area contributed by atoms with E-state index < -0.39 is 29.2 Å². The van der Waals surface area contributed by atoms with E-state index in [1.54, 1.807) is 60.7 Å². The Hall–Kier alpha value is -5.42. The second-order valence-corrected chi connectivity index (χ2v) is 8.86. The zero-order valence-corrected chi connectivity index (χ0v) is 20.8. The summed E-state index contributed by atoms with van der Waals surface area (Å²) < 4.78 is 80.9. The number of nitrogen functional groups attached to an aromatic ring is 2. The van der Waals surface area contributed by atoms with Crippen LogP contribution in [0.4, 0.5) is 37.7 Å². The fraction of sp³-hybridized carbons (Fsp3) is 0.0667. The molecule has 0 spiro atoms. The van der Waals surface area contributed by atoms with Gasteiger partial charge in [-0.15, -0.1) is 10.2 Å². The van der Waals surface area contributed by atoms with Crippen molar-refractivity contribution in [2.45, 2.75) is 12.4 Å². The first-order valence-corrected chi connectivity index (χ1v) is 11.8. The van der Waals surface area contributed by atoms with Crippen LogP contribution in [-0.4, -0.2) is 15.0 Å². The molecule has 0 saturated carbocycles. The van der Waals surface area contributed by atoms with Crippen molar-refractivity contribution in [3.05, 3.63) is 112 Å². The van der Waals surface area contributed by atoms with Crippen molar-refractivity contribution in [2.75, 3.05) is 11.5 Å². The highest BCUT2D eigenvalue weighted by atomic mass is 19.4. The van der Waals surface area contributed by atoms with Gasteiger partial charge in [-0.1, -0.05) is 23.7 Å². The molecule has 5 aromatic rings. The number of anilines is 2. The number of benzene rings is 4. The van der Waals surface area contributed by atoms with E-state index in [0.717, 1.165) is 4.80 Å². The number of halogens is 6. The molecule has 5 rings (SSSR count). The molecule has 4 N–H and O–H groups in total. The fourth-order valence-corrected chi connectivity index (χ4v) is 3.78. The number of nitrogens with two attached hydrogens (primary N) is 2. The maximum atomic E-state index is 13.5. The SMILES string of the molecule is Nc1ccc(C#Cc2ccc(C#Cc3ccc(N)cc3)c3nn(-c4cc(C(F)(F)F)cc(C(F)(F)F)c4)nc23)cc1. The summed E-state index contributed by atoms with van der Waals surface area (Å²) in [7, 11) is 0. The summed E-state index contributed by atoms with van der Waals surface area (Å²) in [6.07, 6.45) is -10.1. The third-order valence-electron chi connectivity index (χ3n) is 5.85. The lowest BCUT2D eigenvalue weighted by atomic mass is 10.1. The average molecular weight is 561 g/mol. The molecule has 0 radical (unpaired) electrons. The van der Waals surface area contributed by atoms with Gasteiger partial charge in [0.2, 0.25) is 0 Å². The van der Waals surface area contributed by atoms with E-state index in [4.69, 9.17) is 11.5 Å². The van der Waals surface area contributed by atoms with Crippen LogP contribution < -0.4 is 11.5 Å². The largest absolute Gasteiger partial charge is 0.416 e. The molecule has 4 aromatic carbocycles. The van der Waals surface area contributed by atoms with Crippen LogP contribution in [0.25, 0.3) is 16.7 Å². The van der Waals surface area contributed by atoms with E-state index in [1.807, 2.05) is 0 Å². The van der Waals surface area contributed by atoms with Gasteiger partial charge in [0.05, 0.1) is 27.9 Å². The number of nitrogens with zero attached hydrogens (tertiary/aromatic N) is 3. The Kier molecular flexibility index (Phi) is 6.81. The Morgan fingerprint density at radius 3 is 1.29 bits per heavy atom. The Labute approximate surface area is 229 Å². The first-order chi connectivity index (χ1) is 19.4. The van der Waals surface area contributed by atoms with Gasteiger partial charge < -0.3 is 11.5 Å². The topological polar surface area (TPSA) is 82.8 Å². The molecule has 5 nitrogen and oxygen atoms in total. The van der Waals surface area contributed by atoms with E-state index in [9.17, 15) is 26.3 Å². The highest BCUT2D eigenvalue weighted by Crippen LogP contribution is 2.37. The molecular weight excluding hydrogens is 544 g/mol. The Balaban J connectivity index is 1.69. The van der Waals surface area contributed by atoms with Gasteiger partial charge in [0, 0.05) is 22.5 Å². The molecule has 0 amide bonds.